The Balaban J connectivity index is 0.000000500. The average molecular weight is 170 g/mol. The van der Waals surface area contributed by atoms with Crippen LogP contribution in [0.3, 0.4) is 0 Å². The average Bonchev–Trinajstić information content (AvgIpc) is 2.24. The third kappa shape index (κ3) is 0.839. The maximum absolute atomic E-state index is 12.6. The van der Waals surface area contributed by atoms with Gasteiger partial charge in [-0.1, -0.05) is 0 Å². The molecule has 0 unspecified atom stereocenters. The highest BCUT2D eigenvalue weighted by Crippen LogP contribution is 2.58. The lowest BCUT2D eigenvalue weighted by Crippen LogP contribution is -2.22. The van der Waals surface area contributed by atoms with Gasteiger partial charge < -0.3 is 5.73 Å². The van der Waals surface area contributed by atoms with Gasteiger partial charge in [-0.2, -0.15) is 0 Å². The van der Waals surface area contributed by atoms with Crippen LogP contribution in [0.1, 0.15) is 12.8 Å². The molecule has 0 spiro atoms. The van der Waals surface area contributed by atoms with Crippen LogP contribution in [0.5, 0.6) is 0 Å². The third-order valence-corrected chi connectivity index (χ3v) is 2.53. The number of hydrogen-bond donors (Lipinski definition) is 1. The van der Waals surface area contributed by atoms with Crippen LogP contribution in [0, 0.1) is 11.8 Å². The first-order valence-corrected chi connectivity index (χ1v) is 3.26. The molecule has 3 atom stereocenters. The van der Waals surface area contributed by atoms with Crippen LogP contribution in [-0.2, 0) is 0 Å². The molecule has 2 saturated carbocycles. The Bertz CT molecular complexity index is 151. The van der Waals surface area contributed by atoms with E-state index in [2.05, 4.69) is 0 Å². The topological polar surface area (TPSA) is 26.0 Å². The number of nitrogens with two attached hydrogens (primary N) is 1. The van der Waals surface area contributed by atoms with Crippen molar-refractivity contribution in [2.45, 2.75) is 24.8 Å². The number of rotatable bonds is 0. The van der Waals surface area contributed by atoms with E-state index in [4.69, 9.17) is 5.73 Å². The lowest BCUT2D eigenvalue weighted by molar-refractivity contribution is -0.0164. The molecular formula is C6H10ClF2N. The number of alkyl halides is 2. The van der Waals surface area contributed by atoms with Gasteiger partial charge in [0.1, 0.15) is 0 Å². The first-order valence-electron chi connectivity index (χ1n) is 3.26. The van der Waals surface area contributed by atoms with Gasteiger partial charge in [-0.15, -0.1) is 12.4 Å². The van der Waals surface area contributed by atoms with E-state index in [1.54, 1.807) is 0 Å². The Hall–Kier alpha value is 0.110. The Labute approximate surface area is 64.4 Å². The molecule has 2 aliphatic carbocycles. The molecule has 0 aromatic carbocycles. The smallest absolute Gasteiger partial charge is 0.252 e. The third-order valence-electron chi connectivity index (χ3n) is 2.53. The molecule has 10 heavy (non-hydrogen) atoms. The van der Waals surface area contributed by atoms with Gasteiger partial charge in [0.15, 0.2) is 0 Å². The predicted octanol–water partition coefficient (Wildman–Crippen LogP) is 1.41. The van der Waals surface area contributed by atoms with Crippen LogP contribution >= 0.6 is 12.4 Å². The van der Waals surface area contributed by atoms with Crippen molar-refractivity contribution in [2.24, 2.45) is 17.6 Å². The fourth-order valence-corrected chi connectivity index (χ4v) is 1.89. The lowest BCUT2D eigenvalue weighted by atomic mass is 10.2. The van der Waals surface area contributed by atoms with Crippen molar-refractivity contribution in [1.29, 1.82) is 0 Å². The number of halogens is 3. The van der Waals surface area contributed by atoms with E-state index < -0.39 is 11.8 Å². The van der Waals surface area contributed by atoms with Crippen LogP contribution in [0.15, 0.2) is 0 Å². The van der Waals surface area contributed by atoms with Crippen LogP contribution < -0.4 is 5.73 Å². The first-order chi connectivity index (χ1) is 4.13. The quantitative estimate of drug-likeness (QED) is 0.583. The van der Waals surface area contributed by atoms with Gasteiger partial charge in [0.05, 0.1) is 0 Å². The molecule has 0 aliphatic heterocycles. The van der Waals surface area contributed by atoms with Crippen molar-refractivity contribution >= 4 is 12.4 Å². The van der Waals surface area contributed by atoms with E-state index >= 15 is 0 Å². The van der Waals surface area contributed by atoms with Crippen molar-refractivity contribution in [3.8, 4) is 0 Å². The SMILES string of the molecule is Cl.N[C@H]1[C@H]2CCC(F)(F)[C@@H]12. The summed E-state index contributed by atoms with van der Waals surface area (Å²) in [6, 6.07) is -0.186. The molecule has 2 rings (SSSR count). The van der Waals surface area contributed by atoms with Gasteiger partial charge in [-0.3, -0.25) is 0 Å². The highest BCUT2D eigenvalue weighted by molar-refractivity contribution is 5.85. The van der Waals surface area contributed by atoms with Crippen LogP contribution in [-0.4, -0.2) is 12.0 Å². The fraction of sp³-hybridized carbons (Fsp3) is 1.00. The second kappa shape index (κ2) is 2.05. The summed E-state index contributed by atoms with van der Waals surface area (Å²) in [6.45, 7) is 0. The Morgan fingerprint density at radius 2 is 2.00 bits per heavy atom. The minimum absolute atomic E-state index is 0. The molecule has 0 aromatic heterocycles. The monoisotopic (exact) mass is 169 g/mol. The van der Waals surface area contributed by atoms with E-state index in [1.165, 1.54) is 0 Å². The number of hydrogen-bond acceptors (Lipinski definition) is 1. The summed E-state index contributed by atoms with van der Waals surface area (Å²) in [5.41, 5.74) is 5.37. The van der Waals surface area contributed by atoms with E-state index in [9.17, 15) is 8.78 Å². The summed E-state index contributed by atoms with van der Waals surface area (Å²) in [5.74, 6) is -2.73. The van der Waals surface area contributed by atoms with Gasteiger partial charge in [0, 0.05) is 18.4 Å². The standard InChI is InChI=1S/C6H9F2N.ClH/c7-6(8)2-1-3-4(6)5(3)9;/h3-5H,1-2,9H2;1H/t3-,4+,5-;/m0./s1. The Morgan fingerprint density at radius 1 is 1.40 bits per heavy atom. The van der Waals surface area contributed by atoms with Gasteiger partial charge >= 0.3 is 0 Å². The van der Waals surface area contributed by atoms with E-state index in [0.29, 0.717) is 6.42 Å². The molecule has 1 nitrogen and oxygen atoms in total. The van der Waals surface area contributed by atoms with Gasteiger partial charge in [0.25, 0.3) is 5.92 Å². The summed E-state index contributed by atoms with van der Waals surface area (Å²) >= 11 is 0. The summed E-state index contributed by atoms with van der Waals surface area (Å²) in [5, 5.41) is 0. The summed E-state index contributed by atoms with van der Waals surface area (Å²) in [7, 11) is 0. The molecule has 0 radical (unpaired) electrons. The maximum Gasteiger partial charge on any atom is 0.252 e. The Kier molecular flexibility index (Phi) is 1.68. The van der Waals surface area contributed by atoms with Crippen molar-refractivity contribution in [3.63, 3.8) is 0 Å². The van der Waals surface area contributed by atoms with Crippen LogP contribution in [0.4, 0.5) is 8.78 Å². The molecule has 60 valence electrons. The maximum atomic E-state index is 12.6. The minimum Gasteiger partial charge on any atom is -0.327 e. The second-order valence-corrected chi connectivity index (χ2v) is 3.07. The summed E-state index contributed by atoms with van der Waals surface area (Å²) in [6.07, 6.45) is 0.703. The largest absolute Gasteiger partial charge is 0.327 e. The Morgan fingerprint density at radius 3 is 2.20 bits per heavy atom. The fourth-order valence-electron chi connectivity index (χ4n) is 1.89. The van der Waals surface area contributed by atoms with Gasteiger partial charge in [0.2, 0.25) is 0 Å². The van der Waals surface area contributed by atoms with Crippen molar-refractivity contribution in [2.75, 3.05) is 0 Å². The van der Waals surface area contributed by atoms with E-state index in [-0.39, 0.29) is 30.8 Å². The number of fused-ring (bicyclic) bond motifs is 1. The molecule has 2 aliphatic rings. The normalized spacial score (nSPS) is 47.7. The minimum atomic E-state index is -2.43. The zero-order valence-electron chi connectivity index (χ0n) is 5.39. The molecule has 2 fully saturated rings. The lowest BCUT2D eigenvalue weighted by Gasteiger charge is -2.10. The molecule has 4 heteroatoms. The molecule has 0 aromatic rings. The van der Waals surface area contributed by atoms with Gasteiger partial charge in [-0.05, 0) is 12.3 Å². The van der Waals surface area contributed by atoms with Gasteiger partial charge in [-0.25, -0.2) is 8.78 Å². The van der Waals surface area contributed by atoms with E-state index in [1.807, 2.05) is 0 Å². The zero-order valence-corrected chi connectivity index (χ0v) is 6.20. The first kappa shape index (κ1) is 8.21. The van der Waals surface area contributed by atoms with Crippen molar-refractivity contribution in [3.05, 3.63) is 0 Å². The highest BCUT2D eigenvalue weighted by atomic mass is 35.5. The molecule has 2 N–H and O–H groups in total. The molecule has 0 saturated heterocycles. The molecular weight excluding hydrogens is 160 g/mol. The predicted molar refractivity (Wildman–Crippen MR) is 36.4 cm³/mol. The molecule has 0 amide bonds. The second-order valence-electron chi connectivity index (χ2n) is 3.07. The summed E-state index contributed by atoms with van der Waals surface area (Å²) < 4.78 is 25.1. The van der Waals surface area contributed by atoms with Crippen LogP contribution in [0.25, 0.3) is 0 Å². The molecule has 0 bridgehead atoms. The van der Waals surface area contributed by atoms with Crippen molar-refractivity contribution in [1.82, 2.24) is 0 Å². The highest BCUT2D eigenvalue weighted by Gasteiger charge is 2.65. The summed E-state index contributed by atoms with van der Waals surface area (Å²) in [4.78, 5) is 0. The van der Waals surface area contributed by atoms with Crippen LogP contribution in [0.2, 0.25) is 0 Å². The van der Waals surface area contributed by atoms with E-state index in [0.717, 1.165) is 0 Å². The van der Waals surface area contributed by atoms with Crippen molar-refractivity contribution < 1.29 is 8.78 Å². The molecule has 0 heterocycles. The zero-order chi connectivity index (χ0) is 6.65.